The van der Waals surface area contributed by atoms with Gasteiger partial charge in [0.05, 0.1) is 31.3 Å². The Balaban J connectivity index is 1.16. The van der Waals surface area contributed by atoms with Crippen molar-refractivity contribution in [3.63, 3.8) is 0 Å². The molecule has 7 nitrogen and oxygen atoms in total. The summed E-state index contributed by atoms with van der Waals surface area (Å²) in [4.78, 5) is 12.9. The summed E-state index contributed by atoms with van der Waals surface area (Å²) in [7, 11) is 1.69. The van der Waals surface area contributed by atoms with Crippen molar-refractivity contribution < 1.29 is 33.2 Å². The molecule has 1 spiro atoms. The average Bonchev–Trinajstić information content (AvgIpc) is 3.88. The van der Waals surface area contributed by atoms with E-state index in [1.54, 1.807) is 13.2 Å². The molecule has 0 aromatic heterocycles. The molecule has 3 aliphatic rings. The molecule has 2 aliphatic heterocycles. The van der Waals surface area contributed by atoms with Crippen molar-refractivity contribution in [2.24, 2.45) is 5.92 Å². The summed E-state index contributed by atoms with van der Waals surface area (Å²) in [6, 6.07) is 15.4. The first-order valence-electron chi connectivity index (χ1n) is 15.0. The first-order chi connectivity index (χ1) is 20.1. The number of epoxide rings is 2. The predicted molar refractivity (Wildman–Crippen MR) is 161 cm³/mol. The fraction of sp³-hybridized carbons (Fsp3) is 0.514. The van der Waals surface area contributed by atoms with E-state index in [4.69, 9.17) is 28.4 Å². The zero-order chi connectivity index (χ0) is 29.9. The van der Waals surface area contributed by atoms with Gasteiger partial charge in [-0.25, -0.2) is 4.79 Å². The summed E-state index contributed by atoms with van der Waals surface area (Å²) in [5.41, 5.74) is 2.63. The highest BCUT2D eigenvalue weighted by molar-refractivity contribution is 5.87. The van der Waals surface area contributed by atoms with Gasteiger partial charge in [-0.3, -0.25) is 0 Å². The van der Waals surface area contributed by atoms with Crippen LogP contribution < -0.4 is 4.74 Å². The smallest absolute Gasteiger partial charge is 0.331 e. The average molecular weight is 577 g/mol. The maximum absolute atomic E-state index is 12.9. The molecule has 1 unspecified atom stereocenters. The van der Waals surface area contributed by atoms with Crippen LogP contribution in [0.1, 0.15) is 65.0 Å². The molecule has 3 fully saturated rings. The second kappa shape index (κ2) is 12.7. The molecular weight excluding hydrogens is 532 g/mol. The Morgan fingerprint density at radius 1 is 1.07 bits per heavy atom. The van der Waals surface area contributed by atoms with E-state index < -0.39 is 5.97 Å². The highest BCUT2D eigenvalue weighted by atomic mass is 16.6. The third-order valence-electron chi connectivity index (χ3n) is 8.54. The predicted octanol–water partition coefficient (Wildman–Crippen LogP) is 7.04. The van der Waals surface area contributed by atoms with Gasteiger partial charge in [0.15, 0.2) is 0 Å². The molecule has 0 amide bonds. The van der Waals surface area contributed by atoms with Gasteiger partial charge in [-0.15, -0.1) is 0 Å². The fourth-order valence-corrected chi connectivity index (χ4v) is 6.12. The topological polar surface area (TPSA) is 79.1 Å². The van der Waals surface area contributed by atoms with Gasteiger partial charge < -0.3 is 28.4 Å². The van der Waals surface area contributed by atoms with E-state index in [0.29, 0.717) is 25.4 Å². The maximum atomic E-state index is 12.9. The molecule has 226 valence electrons. The third kappa shape index (κ3) is 7.14. The largest absolute Gasteiger partial charge is 0.457 e. The van der Waals surface area contributed by atoms with Crippen LogP contribution in [-0.4, -0.2) is 55.3 Å². The SMILES string of the molecule is CO[C@H]1[C@H](C2(C)O[C@H]2CC=C(C)C)[C@]2(CC[C@H]1OC(=O)/C=C/c1ccc(Oc3ccc(COC(C)C)cc3)cc1)CO2. The lowest BCUT2D eigenvalue weighted by Gasteiger charge is -2.42. The van der Waals surface area contributed by atoms with Gasteiger partial charge in [0.2, 0.25) is 0 Å². The molecule has 2 saturated heterocycles. The molecule has 0 radical (unpaired) electrons. The molecule has 1 saturated carbocycles. The molecule has 2 aromatic carbocycles. The number of benzene rings is 2. The van der Waals surface area contributed by atoms with E-state index in [-0.39, 0.29) is 41.5 Å². The Bertz CT molecular complexity index is 1270. The van der Waals surface area contributed by atoms with Gasteiger partial charge in [0.25, 0.3) is 0 Å². The number of ether oxygens (including phenoxy) is 6. The monoisotopic (exact) mass is 576 g/mol. The van der Waals surface area contributed by atoms with Crippen molar-refractivity contribution in [1.82, 2.24) is 0 Å². The fourth-order valence-electron chi connectivity index (χ4n) is 6.12. The van der Waals surface area contributed by atoms with Crippen LogP contribution in [0, 0.1) is 5.92 Å². The molecule has 0 N–H and O–H groups in total. The van der Waals surface area contributed by atoms with Gasteiger partial charge in [-0.1, -0.05) is 35.9 Å². The second-order valence-corrected chi connectivity index (χ2v) is 12.4. The Labute approximate surface area is 249 Å². The number of carbonyl (C=O) groups excluding carboxylic acids is 1. The van der Waals surface area contributed by atoms with Crippen molar-refractivity contribution >= 4 is 12.0 Å². The number of hydrogen-bond donors (Lipinski definition) is 0. The Hall–Kier alpha value is -2.97. The minimum atomic E-state index is -0.390. The zero-order valence-corrected chi connectivity index (χ0v) is 25.6. The molecule has 2 heterocycles. The third-order valence-corrected chi connectivity index (χ3v) is 8.54. The lowest BCUT2D eigenvalue weighted by Crippen LogP contribution is -2.55. The Morgan fingerprint density at radius 2 is 1.74 bits per heavy atom. The number of methoxy groups -OCH3 is 1. The van der Waals surface area contributed by atoms with Crippen molar-refractivity contribution in [2.45, 2.75) is 96.1 Å². The van der Waals surface area contributed by atoms with Crippen LogP contribution in [-0.2, 0) is 35.1 Å². The maximum Gasteiger partial charge on any atom is 0.331 e. The molecule has 5 rings (SSSR count). The van der Waals surface area contributed by atoms with Gasteiger partial charge in [-0.2, -0.15) is 0 Å². The van der Waals surface area contributed by atoms with Gasteiger partial charge in [0.1, 0.15) is 34.9 Å². The normalized spacial score (nSPS) is 30.0. The number of hydrogen-bond acceptors (Lipinski definition) is 7. The van der Waals surface area contributed by atoms with Crippen molar-refractivity contribution in [2.75, 3.05) is 13.7 Å². The number of esters is 1. The van der Waals surface area contributed by atoms with E-state index in [0.717, 1.165) is 29.7 Å². The first-order valence-corrected chi connectivity index (χ1v) is 15.0. The van der Waals surface area contributed by atoms with Crippen LogP contribution in [0.4, 0.5) is 0 Å². The first kappa shape index (κ1) is 30.5. The number of carbonyl (C=O) groups is 1. The highest BCUT2D eigenvalue weighted by Gasteiger charge is 2.72. The minimum Gasteiger partial charge on any atom is -0.457 e. The molecule has 42 heavy (non-hydrogen) atoms. The van der Waals surface area contributed by atoms with Crippen molar-refractivity contribution in [3.05, 3.63) is 77.4 Å². The summed E-state index contributed by atoms with van der Waals surface area (Å²) >= 11 is 0. The van der Waals surface area contributed by atoms with Gasteiger partial charge in [-0.05, 0) is 95.3 Å². The minimum absolute atomic E-state index is 0.00166. The molecule has 1 aliphatic carbocycles. The van der Waals surface area contributed by atoms with Crippen molar-refractivity contribution in [1.29, 1.82) is 0 Å². The van der Waals surface area contributed by atoms with Crippen LogP contribution in [0.15, 0.2) is 66.3 Å². The molecule has 7 heteroatoms. The van der Waals surface area contributed by atoms with Crippen LogP contribution in [0.5, 0.6) is 11.5 Å². The second-order valence-electron chi connectivity index (χ2n) is 12.4. The lowest BCUT2D eigenvalue weighted by molar-refractivity contribution is -0.166. The highest BCUT2D eigenvalue weighted by Crippen LogP contribution is 2.59. The molecular formula is C35H44O7. The van der Waals surface area contributed by atoms with E-state index in [1.807, 2.05) is 62.4 Å². The lowest BCUT2D eigenvalue weighted by atomic mass is 9.68. The number of rotatable bonds is 12. The summed E-state index contributed by atoms with van der Waals surface area (Å²) in [6.45, 7) is 11.7. The standard InChI is InChI=1S/C35H44O7/c1-23(2)7-17-30-34(5,42-30)33-32(37-6)29(19-20-35(33)22-39-35)41-31(36)18-12-25-8-13-27(14-9-25)40-28-15-10-26(11-16-28)21-38-24(3)4/h7-16,18,24,29-30,32-33H,17,19-22H2,1-6H3/b18-12+/t29-,30+,32-,33-,34?,35+/m1/s1. The quantitative estimate of drug-likeness (QED) is 0.116. The Kier molecular flexibility index (Phi) is 9.23. The number of allylic oxidation sites excluding steroid dienone is 1. The van der Waals surface area contributed by atoms with Crippen molar-refractivity contribution in [3.8, 4) is 11.5 Å². The van der Waals surface area contributed by atoms with Crippen LogP contribution >= 0.6 is 0 Å². The van der Waals surface area contributed by atoms with Crippen LogP contribution in [0.2, 0.25) is 0 Å². The van der Waals surface area contributed by atoms with Gasteiger partial charge >= 0.3 is 5.97 Å². The van der Waals surface area contributed by atoms with E-state index in [1.165, 1.54) is 11.6 Å². The van der Waals surface area contributed by atoms with E-state index in [2.05, 4.69) is 26.8 Å². The summed E-state index contributed by atoms with van der Waals surface area (Å²) in [6.07, 6.45) is 7.46. The van der Waals surface area contributed by atoms with Gasteiger partial charge in [0, 0.05) is 13.2 Å². The molecule has 6 atom stereocenters. The van der Waals surface area contributed by atoms with E-state index in [9.17, 15) is 4.79 Å². The van der Waals surface area contributed by atoms with E-state index >= 15 is 0 Å². The Morgan fingerprint density at radius 3 is 2.33 bits per heavy atom. The molecule has 0 bridgehead atoms. The molecule has 2 aromatic rings. The van der Waals surface area contributed by atoms with Crippen LogP contribution in [0.25, 0.3) is 6.08 Å². The summed E-state index contributed by atoms with van der Waals surface area (Å²) in [5, 5.41) is 0. The summed E-state index contributed by atoms with van der Waals surface area (Å²) < 4.78 is 35.8. The van der Waals surface area contributed by atoms with Crippen LogP contribution in [0.3, 0.4) is 0 Å². The summed E-state index contributed by atoms with van der Waals surface area (Å²) in [5.74, 6) is 1.07. The zero-order valence-electron chi connectivity index (χ0n) is 25.6.